The van der Waals surface area contributed by atoms with E-state index in [0.29, 0.717) is 6.42 Å². The number of carbonyl (C=O) groups is 1. The third kappa shape index (κ3) is 3.34. The standard InChI is InChI=1S/C11H14O4S/c1-2-10(11(13)14)16(15)7-8-3-5-9(12)6-4-8/h3-6,10,12H,2,7H2,1H3,(H,13,14). The monoisotopic (exact) mass is 242 g/mol. The molecule has 16 heavy (non-hydrogen) atoms. The number of carboxylic acids is 1. The Balaban J connectivity index is 2.70. The molecule has 0 amide bonds. The molecule has 5 heteroatoms. The molecule has 1 aromatic rings. The number of hydrogen-bond acceptors (Lipinski definition) is 3. The zero-order valence-electron chi connectivity index (χ0n) is 8.92. The van der Waals surface area contributed by atoms with E-state index in [4.69, 9.17) is 10.2 Å². The zero-order chi connectivity index (χ0) is 12.1. The number of hydrogen-bond donors (Lipinski definition) is 2. The SMILES string of the molecule is CCC(C(=O)O)S(=O)Cc1ccc(O)cc1. The summed E-state index contributed by atoms with van der Waals surface area (Å²) in [7, 11) is -1.43. The maximum absolute atomic E-state index is 11.7. The lowest BCUT2D eigenvalue weighted by Gasteiger charge is -2.09. The third-order valence-electron chi connectivity index (χ3n) is 2.21. The quantitative estimate of drug-likeness (QED) is 0.820. The average molecular weight is 242 g/mol. The smallest absolute Gasteiger partial charge is 0.319 e. The van der Waals surface area contributed by atoms with Gasteiger partial charge in [-0.05, 0) is 24.1 Å². The zero-order valence-corrected chi connectivity index (χ0v) is 9.74. The Labute approximate surface area is 96.4 Å². The molecule has 2 N–H and O–H groups in total. The van der Waals surface area contributed by atoms with Crippen LogP contribution in [0.15, 0.2) is 24.3 Å². The summed E-state index contributed by atoms with van der Waals surface area (Å²) in [4.78, 5) is 10.8. The van der Waals surface area contributed by atoms with E-state index in [9.17, 15) is 9.00 Å². The van der Waals surface area contributed by atoms with Crippen molar-refractivity contribution in [3.63, 3.8) is 0 Å². The molecule has 0 spiro atoms. The first-order chi connectivity index (χ1) is 7.54. The van der Waals surface area contributed by atoms with Crippen molar-refractivity contribution in [3.8, 4) is 5.75 Å². The number of rotatable bonds is 5. The van der Waals surface area contributed by atoms with E-state index < -0.39 is 22.0 Å². The van der Waals surface area contributed by atoms with Gasteiger partial charge >= 0.3 is 5.97 Å². The highest BCUT2D eigenvalue weighted by Gasteiger charge is 2.22. The van der Waals surface area contributed by atoms with Crippen molar-refractivity contribution in [3.05, 3.63) is 29.8 Å². The summed E-state index contributed by atoms with van der Waals surface area (Å²) < 4.78 is 11.7. The van der Waals surface area contributed by atoms with Gasteiger partial charge in [-0.15, -0.1) is 0 Å². The molecule has 0 saturated heterocycles. The average Bonchev–Trinajstić information content (AvgIpc) is 2.22. The summed E-state index contributed by atoms with van der Waals surface area (Å²) in [5, 5.41) is 17.1. The summed E-state index contributed by atoms with van der Waals surface area (Å²) in [6.45, 7) is 1.70. The molecule has 88 valence electrons. The van der Waals surface area contributed by atoms with E-state index in [-0.39, 0.29) is 11.5 Å². The van der Waals surface area contributed by atoms with Crippen LogP contribution in [-0.2, 0) is 21.3 Å². The number of phenolic OH excluding ortho intramolecular Hbond substituents is 1. The number of aliphatic carboxylic acids is 1. The molecule has 1 aromatic carbocycles. The van der Waals surface area contributed by atoms with E-state index in [2.05, 4.69) is 0 Å². The Kier molecular flexibility index (Phi) is 4.49. The molecule has 0 saturated carbocycles. The van der Waals surface area contributed by atoms with Crippen LogP contribution in [0.1, 0.15) is 18.9 Å². The molecule has 0 radical (unpaired) electrons. The van der Waals surface area contributed by atoms with Gasteiger partial charge in [-0.3, -0.25) is 9.00 Å². The lowest BCUT2D eigenvalue weighted by molar-refractivity contribution is -0.136. The fourth-order valence-corrected chi connectivity index (χ4v) is 2.65. The van der Waals surface area contributed by atoms with Crippen LogP contribution in [0.3, 0.4) is 0 Å². The minimum atomic E-state index is -1.43. The predicted octanol–water partition coefficient (Wildman–Crippen LogP) is 1.50. The van der Waals surface area contributed by atoms with Crippen molar-refractivity contribution in [2.24, 2.45) is 0 Å². The van der Waals surface area contributed by atoms with Crippen molar-refractivity contribution < 1.29 is 19.2 Å². The number of phenols is 1. The van der Waals surface area contributed by atoms with Gasteiger partial charge < -0.3 is 10.2 Å². The maximum Gasteiger partial charge on any atom is 0.319 e. The second kappa shape index (κ2) is 5.65. The molecule has 0 aliphatic rings. The molecular formula is C11H14O4S. The van der Waals surface area contributed by atoms with Gasteiger partial charge in [0.1, 0.15) is 11.0 Å². The molecular weight excluding hydrogens is 228 g/mol. The lowest BCUT2D eigenvalue weighted by atomic mass is 10.2. The molecule has 0 heterocycles. The Hall–Kier alpha value is -1.36. The van der Waals surface area contributed by atoms with Crippen LogP contribution in [0.5, 0.6) is 5.75 Å². The van der Waals surface area contributed by atoms with Gasteiger partial charge in [-0.25, -0.2) is 0 Å². The highest BCUT2D eigenvalue weighted by Crippen LogP contribution is 2.14. The number of aromatic hydroxyl groups is 1. The van der Waals surface area contributed by atoms with Crippen LogP contribution < -0.4 is 0 Å². The van der Waals surface area contributed by atoms with Gasteiger partial charge in [0, 0.05) is 16.6 Å². The van der Waals surface area contributed by atoms with Crippen LogP contribution >= 0.6 is 0 Å². The molecule has 0 aromatic heterocycles. The van der Waals surface area contributed by atoms with Crippen LogP contribution in [0.25, 0.3) is 0 Å². The van der Waals surface area contributed by atoms with E-state index in [1.165, 1.54) is 12.1 Å². The van der Waals surface area contributed by atoms with Gasteiger partial charge in [-0.2, -0.15) is 0 Å². The van der Waals surface area contributed by atoms with Crippen LogP contribution in [0.4, 0.5) is 0 Å². The van der Waals surface area contributed by atoms with E-state index in [0.717, 1.165) is 5.56 Å². The fourth-order valence-electron chi connectivity index (χ4n) is 1.33. The fraction of sp³-hybridized carbons (Fsp3) is 0.364. The van der Waals surface area contributed by atoms with Crippen molar-refractivity contribution in [2.75, 3.05) is 0 Å². The number of carboxylic acid groups (broad SMARTS) is 1. The second-order valence-electron chi connectivity index (χ2n) is 3.43. The summed E-state index contributed by atoms with van der Waals surface area (Å²) in [6, 6.07) is 6.27. The van der Waals surface area contributed by atoms with Gasteiger partial charge in [0.05, 0.1) is 0 Å². The van der Waals surface area contributed by atoms with Crippen molar-refractivity contribution in [1.82, 2.24) is 0 Å². The molecule has 2 unspecified atom stereocenters. The summed E-state index contributed by atoms with van der Waals surface area (Å²) in [6.07, 6.45) is 0.347. The van der Waals surface area contributed by atoms with Gasteiger partial charge in [0.2, 0.25) is 0 Å². The van der Waals surface area contributed by atoms with Crippen molar-refractivity contribution in [2.45, 2.75) is 24.3 Å². The Bertz CT molecular complexity index is 385. The summed E-state index contributed by atoms with van der Waals surface area (Å²) in [5.74, 6) is -0.690. The normalized spacial score (nSPS) is 14.3. The Morgan fingerprint density at radius 2 is 1.94 bits per heavy atom. The van der Waals surface area contributed by atoms with Gasteiger partial charge in [-0.1, -0.05) is 19.1 Å². The predicted molar refractivity (Wildman–Crippen MR) is 61.7 cm³/mol. The van der Waals surface area contributed by atoms with E-state index >= 15 is 0 Å². The maximum atomic E-state index is 11.7. The minimum Gasteiger partial charge on any atom is -0.508 e. The third-order valence-corrected chi connectivity index (χ3v) is 4.00. The van der Waals surface area contributed by atoms with Crippen molar-refractivity contribution in [1.29, 1.82) is 0 Å². The van der Waals surface area contributed by atoms with Gasteiger partial charge in [0.25, 0.3) is 0 Å². The molecule has 0 aliphatic heterocycles. The molecule has 0 fully saturated rings. The first kappa shape index (κ1) is 12.7. The topological polar surface area (TPSA) is 74.6 Å². The molecule has 1 rings (SSSR count). The van der Waals surface area contributed by atoms with Crippen molar-refractivity contribution >= 4 is 16.8 Å². The molecule has 2 atom stereocenters. The second-order valence-corrected chi connectivity index (χ2v) is 5.05. The minimum absolute atomic E-state index is 0.139. The highest BCUT2D eigenvalue weighted by atomic mass is 32.2. The first-order valence-electron chi connectivity index (χ1n) is 4.92. The van der Waals surface area contributed by atoms with Crippen LogP contribution in [-0.4, -0.2) is 25.6 Å². The summed E-state index contributed by atoms with van der Waals surface area (Å²) in [5.41, 5.74) is 0.760. The molecule has 0 bridgehead atoms. The largest absolute Gasteiger partial charge is 0.508 e. The van der Waals surface area contributed by atoms with E-state index in [1.807, 2.05) is 0 Å². The van der Waals surface area contributed by atoms with E-state index in [1.54, 1.807) is 19.1 Å². The summed E-state index contributed by atoms with van der Waals surface area (Å²) >= 11 is 0. The Morgan fingerprint density at radius 1 is 1.38 bits per heavy atom. The van der Waals surface area contributed by atoms with Gasteiger partial charge in [0.15, 0.2) is 0 Å². The lowest BCUT2D eigenvalue weighted by Crippen LogP contribution is -2.25. The number of benzene rings is 1. The van der Waals surface area contributed by atoms with Crippen LogP contribution in [0, 0.1) is 0 Å². The Morgan fingerprint density at radius 3 is 2.38 bits per heavy atom. The highest BCUT2D eigenvalue weighted by molar-refractivity contribution is 7.85. The van der Waals surface area contributed by atoms with Crippen LogP contribution in [0.2, 0.25) is 0 Å². The first-order valence-corrected chi connectivity index (χ1v) is 6.30. The molecule has 0 aliphatic carbocycles. The molecule has 4 nitrogen and oxygen atoms in total.